The summed E-state index contributed by atoms with van der Waals surface area (Å²) < 4.78 is 27.5. The highest BCUT2D eigenvalue weighted by molar-refractivity contribution is 7.93. The number of thiazole rings is 1. The Morgan fingerprint density at radius 1 is 1.16 bits per heavy atom. The Morgan fingerprint density at radius 3 is 2.71 bits per heavy atom. The number of benzene rings is 2. The molecule has 1 saturated heterocycles. The molecular formula is C21H23ClN4O3S2. The molecule has 0 spiro atoms. The van der Waals surface area contributed by atoms with Crippen LogP contribution in [0.5, 0.6) is 0 Å². The number of sulfonamides is 1. The minimum Gasteiger partial charge on any atom is -0.359 e. The van der Waals surface area contributed by atoms with Gasteiger partial charge in [0.25, 0.3) is 10.0 Å². The second kappa shape index (κ2) is 7.81. The van der Waals surface area contributed by atoms with Gasteiger partial charge in [-0.05, 0) is 54.8 Å². The summed E-state index contributed by atoms with van der Waals surface area (Å²) in [5.41, 5.74) is 2.81. The summed E-state index contributed by atoms with van der Waals surface area (Å²) in [6, 6.07) is 11.9. The Bertz CT molecular complexity index is 1240. The largest absolute Gasteiger partial charge is 0.359 e. The molecule has 164 valence electrons. The molecule has 0 bridgehead atoms. The van der Waals surface area contributed by atoms with Gasteiger partial charge in [0.15, 0.2) is 5.13 Å². The smallest absolute Gasteiger partial charge is 0.263 e. The summed E-state index contributed by atoms with van der Waals surface area (Å²) in [6.07, 6.45) is 3.07. The molecule has 3 aromatic rings. The maximum atomic E-state index is 13.2. The molecule has 5 rings (SSSR count). The first-order valence-corrected chi connectivity index (χ1v) is 12.6. The van der Waals surface area contributed by atoms with E-state index in [1.807, 2.05) is 18.2 Å². The van der Waals surface area contributed by atoms with Crippen LogP contribution >= 0.6 is 22.9 Å². The van der Waals surface area contributed by atoms with Gasteiger partial charge >= 0.3 is 0 Å². The van der Waals surface area contributed by atoms with Crippen molar-refractivity contribution in [3.63, 3.8) is 0 Å². The third-order valence-electron chi connectivity index (χ3n) is 5.67. The lowest BCUT2D eigenvalue weighted by Gasteiger charge is -2.26. The minimum absolute atomic E-state index is 0. The zero-order valence-corrected chi connectivity index (χ0v) is 18.8. The third-order valence-corrected chi connectivity index (χ3v) is 8.20. The number of fused-ring (bicyclic) bond motifs is 1. The highest BCUT2D eigenvalue weighted by Gasteiger charge is 2.39. The van der Waals surface area contributed by atoms with E-state index in [0.29, 0.717) is 23.8 Å². The summed E-state index contributed by atoms with van der Waals surface area (Å²) in [7, 11) is -3.72. The second-order valence-electron chi connectivity index (χ2n) is 7.41. The number of rotatable bonds is 5. The van der Waals surface area contributed by atoms with Crippen LogP contribution in [0.4, 0.5) is 16.5 Å². The van der Waals surface area contributed by atoms with Crippen molar-refractivity contribution in [2.24, 2.45) is 0 Å². The molecule has 1 amide bonds. The standard InChI is InChI=1S/C21H19ClN4O3S2.2H2/c22-17-2-1-3-18-16(17)8-11-26(18)19-9-12-25(20(19)27)14-4-6-15(7-5-14)31(28,29)24-21-23-10-13-30-21;;/h1-7,10,13,19H,8-9,11-12H2,(H,23,24);2*1H/t19-;;/m0../s1. The highest BCUT2D eigenvalue weighted by Crippen LogP contribution is 2.37. The Hall–Kier alpha value is -2.62. The van der Waals surface area contributed by atoms with E-state index in [-0.39, 0.29) is 19.7 Å². The third kappa shape index (κ3) is 3.66. The first-order valence-electron chi connectivity index (χ1n) is 9.82. The van der Waals surface area contributed by atoms with Gasteiger partial charge in [-0.25, -0.2) is 13.4 Å². The van der Waals surface area contributed by atoms with Crippen molar-refractivity contribution in [1.29, 1.82) is 0 Å². The molecule has 0 aliphatic carbocycles. The first kappa shape index (κ1) is 20.3. The Labute approximate surface area is 192 Å². The van der Waals surface area contributed by atoms with Crippen LogP contribution in [-0.2, 0) is 21.2 Å². The number of halogens is 1. The molecule has 1 N–H and O–H groups in total. The fourth-order valence-corrected chi connectivity index (χ4v) is 6.26. The topological polar surface area (TPSA) is 82.6 Å². The summed E-state index contributed by atoms with van der Waals surface area (Å²) >= 11 is 7.53. The minimum atomic E-state index is -3.72. The molecule has 31 heavy (non-hydrogen) atoms. The fourth-order valence-electron chi connectivity index (χ4n) is 4.20. The lowest BCUT2D eigenvalue weighted by atomic mass is 10.1. The van der Waals surface area contributed by atoms with Crippen molar-refractivity contribution in [2.45, 2.75) is 23.8 Å². The van der Waals surface area contributed by atoms with E-state index in [4.69, 9.17) is 11.6 Å². The van der Waals surface area contributed by atoms with Gasteiger partial charge in [0.1, 0.15) is 6.04 Å². The predicted octanol–water partition coefficient (Wildman–Crippen LogP) is 4.26. The molecule has 2 aliphatic heterocycles. The second-order valence-corrected chi connectivity index (χ2v) is 10.4. The summed E-state index contributed by atoms with van der Waals surface area (Å²) in [5, 5.41) is 2.75. The molecule has 2 aromatic carbocycles. The van der Waals surface area contributed by atoms with Gasteiger partial charge in [-0.2, -0.15) is 0 Å². The lowest BCUT2D eigenvalue weighted by Crippen LogP contribution is -2.41. The van der Waals surface area contributed by atoms with Crippen LogP contribution in [-0.4, -0.2) is 38.4 Å². The summed E-state index contributed by atoms with van der Waals surface area (Å²) in [4.78, 5) is 21.1. The van der Waals surface area contributed by atoms with Crippen LogP contribution in [0, 0.1) is 0 Å². The number of carbonyl (C=O) groups is 1. The fraction of sp³-hybridized carbons (Fsp3) is 0.238. The summed E-state index contributed by atoms with van der Waals surface area (Å²) in [6.45, 7) is 1.35. The van der Waals surface area contributed by atoms with Crippen molar-refractivity contribution in [2.75, 3.05) is 27.6 Å². The number of aromatic nitrogens is 1. The van der Waals surface area contributed by atoms with E-state index in [1.54, 1.807) is 22.4 Å². The van der Waals surface area contributed by atoms with Crippen LogP contribution in [0.3, 0.4) is 0 Å². The number of nitrogens with zero attached hydrogens (tertiary/aromatic N) is 3. The van der Waals surface area contributed by atoms with Crippen LogP contribution in [0.25, 0.3) is 0 Å². The van der Waals surface area contributed by atoms with Gasteiger partial charge in [-0.1, -0.05) is 17.7 Å². The average molecular weight is 479 g/mol. The predicted molar refractivity (Wildman–Crippen MR) is 127 cm³/mol. The molecule has 1 fully saturated rings. The van der Waals surface area contributed by atoms with Crippen molar-refractivity contribution in [3.05, 3.63) is 64.6 Å². The lowest BCUT2D eigenvalue weighted by molar-refractivity contribution is -0.118. The van der Waals surface area contributed by atoms with E-state index in [9.17, 15) is 13.2 Å². The average Bonchev–Trinajstić information content (AvgIpc) is 3.48. The van der Waals surface area contributed by atoms with E-state index in [0.717, 1.165) is 29.2 Å². The van der Waals surface area contributed by atoms with Gasteiger partial charge in [0.05, 0.1) is 4.90 Å². The quantitative estimate of drug-likeness (QED) is 0.592. The van der Waals surface area contributed by atoms with Crippen molar-refractivity contribution < 1.29 is 16.1 Å². The molecule has 3 heterocycles. The Balaban J connectivity index is 0.00000153. The van der Waals surface area contributed by atoms with E-state index in [1.165, 1.54) is 29.7 Å². The van der Waals surface area contributed by atoms with Crippen LogP contribution < -0.4 is 14.5 Å². The Morgan fingerprint density at radius 2 is 1.97 bits per heavy atom. The number of hydrogen-bond acceptors (Lipinski definition) is 6. The van der Waals surface area contributed by atoms with Gasteiger partial charge in [-0.3, -0.25) is 9.52 Å². The van der Waals surface area contributed by atoms with E-state index >= 15 is 0 Å². The summed E-state index contributed by atoms with van der Waals surface area (Å²) in [5.74, 6) is 0.0179. The van der Waals surface area contributed by atoms with Gasteiger partial charge < -0.3 is 9.80 Å². The van der Waals surface area contributed by atoms with Crippen LogP contribution in [0.2, 0.25) is 5.02 Å². The number of nitrogens with one attached hydrogen (secondary N) is 1. The number of carbonyl (C=O) groups excluding carboxylic acids is 1. The zero-order valence-electron chi connectivity index (χ0n) is 16.4. The van der Waals surface area contributed by atoms with Crippen LogP contribution in [0.15, 0.2) is 58.9 Å². The maximum absolute atomic E-state index is 13.2. The van der Waals surface area contributed by atoms with Crippen molar-refractivity contribution >= 4 is 55.4 Å². The first-order chi connectivity index (χ1) is 14.9. The normalized spacial score (nSPS) is 18.5. The van der Waals surface area contributed by atoms with E-state index in [2.05, 4.69) is 14.6 Å². The highest BCUT2D eigenvalue weighted by atomic mass is 35.5. The molecule has 0 unspecified atom stereocenters. The van der Waals surface area contributed by atoms with Gasteiger partial charge in [0, 0.05) is 43.9 Å². The van der Waals surface area contributed by atoms with E-state index < -0.39 is 10.0 Å². The number of hydrogen-bond donors (Lipinski definition) is 1. The monoisotopic (exact) mass is 478 g/mol. The zero-order chi connectivity index (χ0) is 21.6. The van der Waals surface area contributed by atoms with Gasteiger partial charge in [0.2, 0.25) is 5.91 Å². The molecule has 0 radical (unpaired) electrons. The van der Waals surface area contributed by atoms with Crippen LogP contribution in [0.1, 0.15) is 14.8 Å². The number of anilines is 3. The van der Waals surface area contributed by atoms with Crippen molar-refractivity contribution in [1.82, 2.24) is 4.98 Å². The molecule has 10 heteroatoms. The molecule has 1 aromatic heterocycles. The SMILES string of the molecule is O=C1[C@@H](N2CCc3c(Cl)cccc32)CCN1c1ccc(S(=O)(=O)Nc2nccs2)cc1.[HH].[HH]. The van der Waals surface area contributed by atoms with Gasteiger partial charge in [-0.15, -0.1) is 11.3 Å². The van der Waals surface area contributed by atoms with Crippen molar-refractivity contribution in [3.8, 4) is 0 Å². The molecule has 1 atom stereocenters. The molecule has 0 saturated carbocycles. The molecule has 2 aliphatic rings. The number of amides is 1. The molecule has 7 nitrogen and oxygen atoms in total. The Kier molecular flexibility index (Phi) is 5.11. The molecular weight excluding hydrogens is 456 g/mol. The maximum Gasteiger partial charge on any atom is 0.263 e.